The highest BCUT2D eigenvalue weighted by Crippen LogP contribution is 2.46. The molecular weight excluding hydrogens is 400 g/mol. The fourth-order valence-electron chi connectivity index (χ4n) is 3.33. The molecule has 8 nitrogen and oxygen atoms in total. The van der Waals surface area contributed by atoms with Crippen molar-refractivity contribution < 1.29 is 24.3 Å². The van der Waals surface area contributed by atoms with Crippen molar-refractivity contribution in [2.75, 3.05) is 11.9 Å². The number of rotatable bonds is 7. The number of nitrogens with zero attached hydrogens (tertiary/aromatic N) is 1. The Bertz CT molecular complexity index is 1170. The fraction of sp³-hybridized carbons (Fsp3) is 0.174. The second-order valence-electron chi connectivity index (χ2n) is 7.10. The van der Waals surface area contributed by atoms with Gasteiger partial charge in [0, 0.05) is 6.07 Å². The number of fused-ring (bicyclic) bond motifs is 2. The van der Waals surface area contributed by atoms with E-state index in [2.05, 4.69) is 12.2 Å². The summed E-state index contributed by atoms with van der Waals surface area (Å²) in [4.78, 5) is 22.2. The summed E-state index contributed by atoms with van der Waals surface area (Å²) in [7, 11) is 0. The molecule has 0 radical (unpaired) electrons. The molecule has 0 unspecified atom stereocenters. The number of benzene rings is 3. The van der Waals surface area contributed by atoms with Crippen LogP contribution in [0.5, 0.6) is 17.2 Å². The van der Waals surface area contributed by atoms with Crippen molar-refractivity contribution in [1.82, 2.24) is 0 Å². The Balaban J connectivity index is 1.67. The number of carboxylic acids is 1. The SMILES string of the molecule is CCCCOc1cccc(-c2ccc3c(c2)Nc2c(cc([N+](=O)[O-])cc2C(=O)O)O3)c1. The van der Waals surface area contributed by atoms with E-state index in [-0.39, 0.29) is 22.7 Å². The molecule has 31 heavy (non-hydrogen) atoms. The predicted octanol–water partition coefficient (Wildman–Crippen LogP) is 5.99. The normalized spacial score (nSPS) is 11.5. The lowest BCUT2D eigenvalue weighted by Gasteiger charge is -2.23. The molecule has 1 heterocycles. The standard InChI is InChI=1S/C23H20N2O6/c1-2-3-9-30-17-6-4-5-14(10-17)15-7-8-20-19(11-15)24-22-18(23(26)27)12-16(25(28)29)13-21(22)31-20/h4-8,10-13,24H,2-3,9H2,1H3,(H,26,27). The van der Waals surface area contributed by atoms with Gasteiger partial charge in [-0.2, -0.15) is 0 Å². The number of hydrogen-bond acceptors (Lipinski definition) is 6. The van der Waals surface area contributed by atoms with Gasteiger partial charge in [-0.3, -0.25) is 10.1 Å². The van der Waals surface area contributed by atoms with Crippen LogP contribution in [0.3, 0.4) is 0 Å². The maximum Gasteiger partial charge on any atom is 0.338 e. The van der Waals surface area contributed by atoms with Crippen molar-refractivity contribution in [2.45, 2.75) is 19.8 Å². The van der Waals surface area contributed by atoms with Crippen LogP contribution < -0.4 is 14.8 Å². The first-order valence-corrected chi connectivity index (χ1v) is 9.84. The van der Waals surface area contributed by atoms with Crippen LogP contribution >= 0.6 is 0 Å². The lowest BCUT2D eigenvalue weighted by atomic mass is 10.0. The topological polar surface area (TPSA) is 111 Å². The summed E-state index contributed by atoms with van der Waals surface area (Å²) in [6.45, 7) is 2.76. The Morgan fingerprint density at radius 3 is 2.68 bits per heavy atom. The second kappa shape index (κ2) is 8.35. The van der Waals surface area contributed by atoms with Gasteiger partial charge in [0.1, 0.15) is 5.75 Å². The van der Waals surface area contributed by atoms with Crippen molar-refractivity contribution in [3.8, 4) is 28.4 Å². The molecular formula is C23H20N2O6. The van der Waals surface area contributed by atoms with E-state index in [1.807, 2.05) is 36.4 Å². The van der Waals surface area contributed by atoms with Gasteiger partial charge in [-0.1, -0.05) is 31.5 Å². The summed E-state index contributed by atoms with van der Waals surface area (Å²) >= 11 is 0. The average molecular weight is 420 g/mol. The van der Waals surface area contributed by atoms with E-state index >= 15 is 0 Å². The van der Waals surface area contributed by atoms with E-state index in [9.17, 15) is 20.0 Å². The highest BCUT2D eigenvalue weighted by Gasteiger charge is 2.27. The van der Waals surface area contributed by atoms with Gasteiger partial charge in [-0.15, -0.1) is 0 Å². The number of carbonyl (C=O) groups is 1. The number of nitro groups is 1. The number of aromatic carboxylic acids is 1. The Morgan fingerprint density at radius 2 is 1.94 bits per heavy atom. The third-order valence-corrected chi connectivity index (χ3v) is 4.92. The van der Waals surface area contributed by atoms with Crippen molar-refractivity contribution in [1.29, 1.82) is 0 Å². The molecule has 0 fully saturated rings. The van der Waals surface area contributed by atoms with Crippen LogP contribution in [0.2, 0.25) is 0 Å². The zero-order valence-electron chi connectivity index (χ0n) is 16.8. The molecule has 1 aliphatic heterocycles. The first kappa shape index (κ1) is 20.2. The minimum absolute atomic E-state index is 0.0955. The summed E-state index contributed by atoms with van der Waals surface area (Å²) in [5.74, 6) is 0.0351. The van der Waals surface area contributed by atoms with Crippen LogP contribution in [-0.2, 0) is 0 Å². The Morgan fingerprint density at radius 1 is 1.13 bits per heavy atom. The average Bonchev–Trinajstić information content (AvgIpc) is 2.76. The Kier molecular flexibility index (Phi) is 5.44. The Labute approximate surface area is 178 Å². The number of nitro benzene ring substituents is 1. The maximum absolute atomic E-state index is 11.7. The van der Waals surface area contributed by atoms with Crippen LogP contribution in [0, 0.1) is 10.1 Å². The molecule has 8 heteroatoms. The van der Waals surface area contributed by atoms with Crippen molar-refractivity contribution in [3.05, 3.63) is 70.3 Å². The fourth-order valence-corrected chi connectivity index (χ4v) is 3.33. The quantitative estimate of drug-likeness (QED) is 0.215. The van der Waals surface area contributed by atoms with Crippen LogP contribution in [0.1, 0.15) is 30.1 Å². The zero-order valence-corrected chi connectivity index (χ0v) is 16.8. The number of anilines is 2. The highest BCUT2D eigenvalue weighted by atomic mass is 16.6. The highest BCUT2D eigenvalue weighted by molar-refractivity contribution is 5.99. The van der Waals surface area contributed by atoms with Crippen LogP contribution in [-0.4, -0.2) is 22.6 Å². The molecule has 0 amide bonds. The number of ether oxygens (including phenoxy) is 2. The molecule has 3 aromatic rings. The largest absolute Gasteiger partial charge is 0.494 e. The third-order valence-electron chi connectivity index (χ3n) is 4.92. The lowest BCUT2D eigenvalue weighted by Crippen LogP contribution is -2.10. The Hall–Kier alpha value is -4.07. The summed E-state index contributed by atoms with van der Waals surface area (Å²) in [6, 6.07) is 15.4. The number of non-ortho nitro benzene ring substituents is 1. The van der Waals surface area contributed by atoms with Gasteiger partial charge in [0.15, 0.2) is 11.5 Å². The summed E-state index contributed by atoms with van der Waals surface area (Å²) in [5.41, 5.74) is 1.99. The number of nitrogens with one attached hydrogen (secondary N) is 1. The first-order valence-electron chi connectivity index (χ1n) is 9.84. The van der Waals surface area contributed by atoms with E-state index in [1.165, 1.54) is 6.07 Å². The van der Waals surface area contributed by atoms with Crippen LogP contribution in [0.25, 0.3) is 11.1 Å². The van der Waals surface area contributed by atoms with E-state index in [4.69, 9.17) is 9.47 Å². The smallest absolute Gasteiger partial charge is 0.338 e. The molecule has 0 aliphatic carbocycles. The molecule has 0 saturated carbocycles. The first-order chi connectivity index (χ1) is 15.0. The van der Waals surface area contributed by atoms with Gasteiger partial charge in [0.05, 0.1) is 34.5 Å². The van der Waals surface area contributed by atoms with Gasteiger partial charge >= 0.3 is 5.97 Å². The molecule has 1 aliphatic rings. The molecule has 0 saturated heterocycles. The van der Waals surface area contributed by atoms with Gasteiger partial charge in [-0.05, 0) is 41.8 Å². The summed E-state index contributed by atoms with van der Waals surface area (Å²) in [5, 5.41) is 23.7. The van der Waals surface area contributed by atoms with Gasteiger partial charge in [0.2, 0.25) is 0 Å². The van der Waals surface area contributed by atoms with Crippen LogP contribution in [0.15, 0.2) is 54.6 Å². The van der Waals surface area contributed by atoms with E-state index < -0.39 is 10.9 Å². The summed E-state index contributed by atoms with van der Waals surface area (Å²) < 4.78 is 11.6. The van der Waals surface area contributed by atoms with Crippen molar-refractivity contribution >= 4 is 23.0 Å². The van der Waals surface area contributed by atoms with E-state index in [1.54, 1.807) is 6.07 Å². The summed E-state index contributed by atoms with van der Waals surface area (Å²) in [6.07, 6.45) is 2.03. The molecule has 2 N–H and O–H groups in total. The minimum Gasteiger partial charge on any atom is -0.494 e. The molecule has 3 aromatic carbocycles. The van der Waals surface area contributed by atoms with Gasteiger partial charge in [-0.25, -0.2) is 4.79 Å². The van der Waals surface area contributed by atoms with Crippen LogP contribution in [0.4, 0.5) is 17.1 Å². The number of hydrogen-bond donors (Lipinski definition) is 2. The monoisotopic (exact) mass is 420 g/mol. The lowest BCUT2D eigenvalue weighted by molar-refractivity contribution is -0.384. The van der Waals surface area contributed by atoms with E-state index in [0.29, 0.717) is 18.0 Å². The molecule has 4 rings (SSSR count). The van der Waals surface area contributed by atoms with Crippen molar-refractivity contribution in [2.24, 2.45) is 0 Å². The number of carboxylic acid groups (broad SMARTS) is 1. The number of unbranched alkanes of at least 4 members (excludes halogenated alkanes) is 1. The van der Waals surface area contributed by atoms with E-state index in [0.717, 1.165) is 35.8 Å². The molecule has 0 bridgehead atoms. The maximum atomic E-state index is 11.7. The second-order valence-corrected chi connectivity index (χ2v) is 7.10. The minimum atomic E-state index is -1.28. The van der Waals surface area contributed by atoms with Gasteiger partial charge < -0.3 is 19.9 Å². The molecule has 0 spiro atoms. The van der Waals surface area contributed by atoms with Crippen molar-refractivity contribution in [3.63, 3.8) is 0 Å². The third kappa shape index (κ3) is 4.13. The molecule has 0 atom stereocenters. The predicted molar refractivity (Wildman–Crippen MR) is 116 cm³/mol. The molecule has 158 valence electrons. The molecule has 0 aromatic heterocycles. The zero-order chi connectivity index (χ0) is 22.0. The van der Waals surface area contributed by atoms with Gasteiger partial charge in [0.25, 0.3) is 5.69 Å².